The first-order chi connectivity index (χ1) is 16.3. The molecule has 0 radical (unpaired) electrons. The Labute approximate surface area is 196 Å². The zero-order chi connectivity index (χ0) is 24.3. The number of hydrogen-bond acceptors (Lipinski definition) is 3. The molecule has 1 aromatic heterocycles. The molecule has 180 valence electrons. The van der Waals surface area contributed by atoms with Crippen LogP contribution >= 0.6 is 0 Å². The molecule has 4 N–H and O–H groups in total. The third kappa shape index (κ3) is 5.24. The van der Waals surface area contributed by atoms with E-state index >= 15 is 0 Å². The molecule has 1 aliphatic rings. The summed E-state index contributed by atoms with van der Waals surface area (Å²) in [4.78, 5) is 6.15. The molecule has 0 spiro atoms. The Morgan fingerprint density at radius 2 is 1.82 bits per heavy atom. The number of aromatic nitrogens is 3. The number of aryl methyl sites for hydroxylation is 3. The van der Waals surface area contributed by atoms with Gasteiger partial charge in [-0.2, -0.15) is 18.3 Å². The Bertz CT molecular complexity index is 1140. The quantitative estimate of drug-likeness (QED) is 0.324. The van der Waals surface area contributed by atoms with Gasteiger partial charge in [-0.15, -0.1) is 0 Å². The van der Waals surface area contributed by atoms with Gasteiger partial charge in [-0.3, -0.25) is 10.5 Å². The maximum absolute atomic E-state index is 13.9. The molecule has 0 aliphatic carbocycles. The van der Waals surface area contributed by atoms with Crippen LogP contribution in [-0.4, -0.2) is 32.6 Å². The summed E-state index contributed by atoms with van der Waals surface area (Å²) in [6, 6.07) is 12.2. The standard InChI is InChI=1S/C25H29F3N6/c1-2-4-16-6-8-17(9-7-16)10-11-18-12-13-19(15-20(18)25(26,27)28)22-31-23(33-32-22)21-5-3-14-34(21)24(29)30/h6-9,12-13,15,21H,2-5,10-11,14H2,1H3,(H3,29,30)(H,31,32,33). The Kier molecular flexibility index (Phi) is 6.90. The Morgan fingerprint density at radius 1 is 1.12 bits per heavy atom. The van der Waals surface area contributed by atoms with Crippen molar-refractivity contribution in [2.75, 3.05) is 6.54 Å². The summed E-state index contributed by atoms with van der Waals surface area (Å²) < 4.78 is 41.7. The molecule has 2 heterocycles. The maximum atomic E-state index is 13.9. The van der Waals surface area contributed by atoms with Crippen molar-refractivity contribution >= 4 is 5.96 Å². The first-order valence-electron chi connectivity index (χ1n) is 11.6. The number of alkyl halides is 3. The van der Waals surface area contributed by atoms with Gasteiger partial charge in [0.15, 0.2) is 11.8 Å². The van der Waals surface area contributed by atoms with E-state index in [2.05, 4.69) is 22.1 Å². The van der Waals surface area contributed by atoms with Gasteiger partial charge in [0.2, 0.25) is 0 Å². The van der Waals surface area contributed by atoms with Crippen molar-refractivity contribution in [3.05, 3.63) is 70.5 Å². The fourth-order valence-corrected chi connectivity index (χ4v) is 4.53. The van der Waals surface area contributed by atoms with Crippen LogP contribution in [0.5, 0.6) is 0 Å². The highest BCUT2D eigenvalue weighted by Crippen LogP contribution is 2.36. The van der Waals surface area contributed by atoms with Crippen LogP contribution < -0.4 is 5.73 Å². The van der Waals surface area contributed by atoms with Crippen LogP contribution in [0.15, 0.2) is 42.5 Å². The molecule has 0 saturated carbocycles. The fraction of sp³-hybridized carbons (Fsp3) is 0.400. The number of H-pyrrole nitrogens is 1. The Morgan fingerprint density at radius 3 is 2.47 bits per heavy atom. The summed E-state index contributed by atoms with van der Waals surface area (Å²) in [6.45, 7) is 2.76. The molecule has 3 aromatic rings. The van der Waals surface area contributed by atoms with Gasteiger partial charge in [0.1, 0.15) is 5.82 Å². The predicted octanol–water partition coefficient (Wildman–Crippen LogP) is 5.26. The lowest BCUT2D eigenvalue weighted by atomic mass is 9.96. The van der Waals surface area contributed by atoms with Gasteiger partial charge < -0.3 is 10.6 Å². The van der Waals surface area contributed by atoms with Crippen LogP contribution in [0.4, 0.5) is 13.2 Å². The molecular formula is C25H29F3N6. The minimum Gasteiger partial charge on any atom is -0.370 e. The molecule has 1 fully saturated rings. The molecule has 34 heavy (non-hydrogen) atoms. The van der Waals surface area contributed by atoms with Crippen LogP contribution in [0.3, 0.4) is 0 Å². The first kappa shape index (κ1) is 23.8. The molecular weight excluding hydrogens is 441 g/mol. The Hall–Kier alpha value is -3.36. The number of guanidine groups is 1. The van der Waals surface area contributed by atoms with E-state index in [0.29, 0.717) is 24.4 Å². The summed E-state index contributed by atoms with van der Waals surface area (Å²) in [5.74, 6) is 0.657. The zero-order valence-electron chi connectivity index (χ0n) is 19.1. The highest BCUT2D eigenvalue weighted by atomic mass is 19.4. The summed E-state index contributed by atoms with van der Waals surface area (Å²) in [5.41, 5.74) is 7.79. The monoisotopic (exact) mass is 470 g/mol. The molecule has 4 rings (SSSR count). The fourth-order valence-electron chi connectivity index (χ4n) is 4.53. The van der Waals surface area contributed by atoms with Crippen molar-refractivity contribution in [1.82, 2.24) is 20.1 Å². The minimum absolute atomic E-state index is 0.0517. The van der Waals surface area contributed by atoms with Gasteiger partial charge in [-0.1, -0.05) is 49.7 Å². The van der Waals surface area contributed by atoms with Gasteiger partial charge in [-0.05, 0) is 54.9 Å². The van der Waals surface area contributed by atoms with E-state index in [9.17, 15) is 13.2 Å². The van der Waals surface area contributed by atoms with E-state index in [-0.39, 0.29) is 29.8 Å². The summed E-state index contributed by atoms with van der Waals surface area (Å²) in [6.07, 6.45) is -0.000350. The van der Waals surface area contributed by atoms with Gasteiger partial charge in [-0.25, -0.2) is 4.98 Å². The number of rotatable bonds is 7. The van der Waals surface area contributed by atoms with Crippen molar-refractivity contribution in [2.24, 2.45) is 5.73 Å². The largest absolute Gasteiger partial charge is 0.416 e. The van der Waals surface area contributed by atoms with Gasteiger partial charge in [0.25, 0.3) is 0 Å². The van der Waals surface area contributed by atoms with E-state index in [1.165, 1.54) is 11.6 Å². The van der Waals surface area contributed by atoms with Crippen molar-refractivity contribution in [3.63, 3.8) is 0 Å². The lowest BCUT2D eigenvalue weighted by molar-refractivity contribution is -0.138. The van der Waals surface area contributed by atoms with E-state index in [1.807, 2.05) is 24.3 Å². The number of halogens is 3. The minimum atomic E-state index is -4.48. The summed E-state index contributed by atoms with van der Waals surface area (Å²) in [7, 11) is 0. The van der Waals surface area contributed by atoms with Crippen LogP contribution in [0, 0.1) is 5.41 Å². The molecule has 0 amide bonds. The van der Waals surface area contributed by atoms with Crippen molar-refractivity contribution in [1.29, 1.82) is 5.41 Å². The zero-order valence-corrected chi connectivity index (χ0v) is 19.1. The lowest BCUT2D eigenvalue weighted by Gasteiger charge is -2.22. The predicted molar refractivity (Wildman–Crippen MR) is 125 cm³/mol. The molecule has 1 atom stereocenters. The second-order valence-electron chi connectivity index (χ2n) is 8.72. The Balaban J connectivity index is 1.54. The third-order valence-electron chi connectivity index (χ3n) is 6.30. The molecule has 1 saturated heterocycles. The van der Waals surface area contributed by atoms with E-state index < -0.39 is 11.7 Å². The molecule has 0 bridgehead atoms. The lowest BCUT2D eigenvalue weighted by Crippen LogP contribution is -2.36. The smallest absolute Gasteiger partial charge is 0.370 e. The third-order valence-corrected chi connectivity index (χ3v) is 6.30. The number of likely N-dealkylation sites (tertiary alicyclic amines) is 1. The SMILES string of the molecule is CCCc1ccc(CCc2ccc(-c3n[nH]c(C4CCCN4C(=N)N)n3)cc2C(F)(F)F)cc1. The van der Waals surface area contributed by atoms with Crippen molar-refractivity contribution in [2.45, 2.75) is 57.7 Å². The van der Waals surface area contributed by atoms with Gasteiger partial charge in [0, 0.05) is 12.1 Å². The highest BCUT2D eigenvalue weighted by molar-refractivity contribution is 5.75. The van der Waals surface area contributed by atoms with Crippen LogP contribution in [0.2, 0.25) is 0 Å². The number of nitrogens with one attached hydrogen (secondary N) is 2. The summed E-state index contributed by atoms with van der Waals surface area (Å²) in [5, 5.41) is 14.7. The maximum Gasteiger partial charge on any atom is 0.416 e. The number of hydrogen-bond donors (Lipinski definition) is 3. The normalized spacial score (nSPS) is 16.2. The molecule has 9 heteroatoms. The van der Waals surface area contributed by atoms with Gasteiger partial charge in [0.05, 0.1) is 11.6 Å². The molecule has 2 aromatic carbocycles. The number of benzene rings is 2. The van der Waals surface area contributed by atoms with E-state index in [0.717, 1.165) is 37.3 Å². The second kappa shape index (κ2) is 9.87. The average molecular weight is 471 g/mol. The van der Waals surface area contributed by atoms with Crippen LogP contribution in [0.25, 0.3) is 11.4 Å². The van der Waals surface area contributed by atoms with Gasteiger partial charge >= 0.3 is 6.18 Å². The second-order valence-corrected chi connectivity index (χ2v) is 8.72. The van der Waals surface area contributed by atoms with Crippen molar-refractivity contribution in [3.8, 4) is 11.4 Å². The first-order valence-corrected chi connectivity index (χ1v) is 11.6. The van der Waals surface area contributed by atoms with Crippen LogP contribution in [-0.2, 0) is 25.4 Å². The van der Waals surface area contributed by atoms with E-state index in [4.69, 9.17) is 11.1 Å². The number of nitrogens with zero attached hydrogens (tertiary/aromatic N) is 3. The number of aromatic amines is 1. The van der Waals surface area contributed by atoms with E-state index in [1.54, 1.807) is 11.0 Å². The number of nitrogens with two attached hydrogens (primary N) is 1. The van der Waals surface area contributed by atoms with Crippen LogP contribution in [0.1, 0.15) is 60.3 Å². The average Bonchev–Trinajstić information content (AvgIpc) is 3.48. The molecule has 1 aliphatic heterocycles. The summed E-state index contributed by atoms with van der Waals surface area (Å²) >= 11 is 0. The highest BCUT2D eigenvalue weighted by Gasteiger charge is 2.34. The molecule has 1 unspecified atom stereocenters. The molecule has 6 nitrogen and oxygen atoms in total. The topological polar surface area (TPSA) is 94.7 Å². The van der Waals surface area contributed by atoms with Crippen molar-refractivity contribution < 1.29 is 13.2 Å².